The highest BCUT2D eigenvalue weighted by atomic mass is 79.9. The Hall–Kier alpha value is -1.07. The largest absolute Gasteiger partial charge is 0.496 e. The number of nitrogens with one attached hydrogen (secondary N) is 1. The van der Waals surface area contributed by atoms with Crippen LogP contribution in [0, 0.1) is 6.92 Å². The van der Waals surface area contributed by atoms with E-state index in [9.17, 15) is 0 Å². The molecule has 3 N–H and O–H groups in total. The molecular weight excluding hydrogens is 340 g/mol. The normalized spacial score (nSPS) is 12.2. The molecule has 0 saturated heterocycles. The number of benzene rings is 2. The zero-order chi connectivity index (χ0) is 14.7. The third kappa shape index (κ3) is 3.15. The molecule has 3 nitrogen and oxygen atoms in total. The highest BCUT2D eigenvalue weighted by molar-refractivity contribution is 9.10. The van der Waals surface area contributed by atoms with Gasteiger partial charge in [0, 0.05) is 5.02 Å². The van der Waals surface area contributed by atoms with E-state index in [1.54, 1.807) is 7.11 Å². The predicted octanol–water partition coefficient (Wildman–Crippen LogP) is 3.97. The van der Waals surface area contributed by atoms with Crippen LogP contribution < -0.4 is 16.0 Å². The molecule has 0 spiro atoms. The first-order valence-corrected chi connectivity index (χ1v) is 7.29. The molecule has 2 aromatic rings. The van der Waals surface area contributed by atoms with Gasteiger partial charge >= 0.3 is 0 Å². The van der Waals surface area contributed by atoms with Crippen LogP contribution >= 0.6 is 27.5 Å². The van der Waals surface area contributed by atoms with Crippen LogP contribution in [0.1, 0.15) is 22.7 Å². The first-order chi connectivity index (χ1) is 9.56. The molecular formula is C15H16BrClN2O. The fraction of sp³-hybridized carbons (Fsp3) is 0.200. The van der Waals surface area contributed by atoms with Gasteiger partial charge in [-0.1, -0.05) is 29.8 Å². The van der Waals surface area contributed by atoms with E-state index in [-0.39, 0.29) is 6.04 Å². The molecule has 0 amide bonds. The van der Waals surface area contributed by atoms with Gasteiger partial charge in [-0.15, -0.1) is 0 Å². The zero-order valence-electron chi connectivity index (χ0n) is 11.3. The van der Waals surface area contributed by atoms with Gasteiger partial charge in [0.25, 0.3) is 0 Å². The van der Waals surface area contributed by atoms with Gasteiger partial charge in [0.2, 0.25) is 0 Å². The highest BCUT2D eigenvalue weighted by Crippen LogP contribution is 2.31. The number of halogens is 2. The molecule has 5 heteroatoms. The van der Waals surface area contributed by atoms with Gasteiger partial charge in [0.05, 0.1) is 17.6 Å². The first kappa shape index (κ1) is 15.3. The zero-order valence-corrected chi connectivity index (χ0v) is 13.6. The Labute approximate surface area is 132 Å². The second kappa shape index (κ2) is 6.59. The summed E-state index contributed by atoms with van der Waals surface area (Å²) < 4.78 is 6.12. The standard InChI is InChI=1S/C15H16BrClN2O/c1-9-3-4-11(8-13(9)17)15(19-18)10-5-6-14(20-2)12(16)7-10/h3-8,15,19H,18H2,1-2H3. The van der Waals surface area contributed by atoms with E-state index in [0.29, 0.717) is 0 Å². The van der Waals surface area contributed by atoms with Crippen LogP contribution in [0.15, 0.2) is 40.9 Å². The van der Waals surface area contributed by atoms with Gasteiger partial charge in [-0.25, -0.2) is 5.43 Å². The summed E-state index contributed by atoms with van der Waals surface area (Å²) in [5.74, 6) is 6.49. The molecule has 0 bridgehead atoms. The summed E-state index contributed by atoms with van der Waals surface area (Å²) >= 11 is 9.67. The topological polar surface area (TPSA) is 47.3 Å². The molecule has 0 saturated carbocycles. The smallest absolute Gasteiger partial charge is 0.133 e. The van der Waals surface area contributed by atoms with Gasteiger partial charge in [-0.05, 0) is 57.7 Å². The number of aryl methyl sites for hydroxylation is 1. The van der Waals surface area contributed by atoms with Gasteiger partial charge in [-0.3, -0.25) is 5.84 Å². The van der Waals surface area contributed by atoms with Crippen molar-refractivity contribution in [3.8, 4) is 5.75 Å². The second-order valence-corrected chi connectivity index (χ2v) is 5.76. The molecule has 0 aromatic heterocycles. The molecule has 1 unspecified atom stereocenters. The van der Waals surface area contributed by atoms with Crippen molar-refractivity contribution >= 4 is 27.5 Å². The first-order valence-electron chi connectivity index (χ1n) is 6.12. The molecule has 0 heterocycles. The van der Waals surface area contributed by atoms with E-state index < -0.39 is 0 Å². The average Bonchev–Trinajstić information content (AvgIpc) is 2.44. The summed E-state index contributed by atoms with van der Waals surface area (Å²) in [6, 6.07) is 11.7. The molecule has 0 aliphatic heterocycles. The average molecular weight is 356 g/mol. The van der Waals surface area contributed by atoms with Gasteiger partial charge in [-0.2, -0.15) is 0 Å². The Kier molecular flexibility index (Phi) is 5.05. The van der Waals surface area contributed by atoms with E-state index in [0.717, 1.165) is 31.9 Å². The maximum atomic E-state index is 6.18. The number of hydrogen-bond donors (Lipinski definition) is 2. The lowest BCUT2D eigenvalue weighted by Gasteiger charge is -2.18. The minimum atomic E-state index is -0.129. The van der Waals surface area contributed by atoms with Crippen LogP contribution in [0.25, 0.3) is 0 Å². The number of nitrogens with two attached hydrogens (primary N) is 1. The van der Waals surface area contributed by atoms with Gasteiger partial charge in [0.1, 0.15) is 5.75 Å². The maximum Gasteiger partial charge on any atom is 0.133 e. The minimum Gasteiger partial charge on any atom is -0.496 e. The van der Waals surface area contributed by atoms with E-state index in [4.69, 9.17) is 22.2 Å². The van der Waals surface area contributed by atoms with Crippen LogP contribution in [-0.4, -0.2) is 7.11 Å². The number of rotatable bonds is 4. The van der Waals surface area contributed by atoms with Crippen molar-refractivity contribution in [1.82, 2.24) is 5.43 Å². The van der Waals surface area contributed by atoms with Crippen molar-refractivity contribution in [2.24, 2.45) is 5.84 Å². The maximum absolute atomic E-state index is 6.18. The summed E-state index contributed by atoms with van der Waals surface area (Å²) in [5, 5.41) is 0.732. The Balaban J connectivity index is 2.41. The fourth-order valence-corrected chi connectivity index (χ4v) is 2.78. The van der Waals surface area contributed by atoms with Crippen LogP contribution in [0.5, 0.6) is 5.75 Å². The van der Waals surface area contributed by atoms with Crippen LogP contribution in [0.2, 0.25) is 5.02 Å². The van der Waals surface area contributed by atoms with E-state index >= 15 is 0 Å². The second-order valence-electron chi connectivity index (χ2n) is 4.50. The monoisotopic (exact) mass is 354 g/mol. The highest BCUT2D eigenvalue weighted by Gasteiger charge is 2.15. The molecule has 1 atom stereocenters. The lowest BCUT2D eigenvalue weighted by molar-refractivity contribution is 0.411. The van der Waals surface area contributed by atoms with Crippen LogP contribution in [0.4, 0.5) is 0 Å². The molecule has 0 radical (unpaired) electrons. The number of hydrogen-bond acceptors (Lipinski definition) is 3. The lowest BCUT2D eigenvalue weighted by atomic mass is 9.98. The van der Waals surface area contributed by atoms with Crippen LogP contribution in [0.3, 0.4) is 0 Å². The molecule has 20 heavy (non-hydrogen) atoms. The van der Waals surface area contributed by atoms with Crippen LogP contribution in [-0.2, 0) is 0 Å². The van der Waals surface area contributed by atoms with Crippen molar-refractivity contribution < 1.29 is 4.74 Å². The van der Waals surface area contributed by atoms with Crippen molar-refractivity contribution in [2.75, 3.05) is 7.11 Å². The summed E-state index contributed by atoms with van der Waals surface area (Å²) in [6.07, 6.45) is 0. The SMILES string of the molecule is COc1ccc(C(NN)c2ccc(C)c(Cl)c2)cc1Br. The molecule has 0 aliphatic carbocycles. The van der Waals surface area contributed by atoms with Gasteiger partial charge in [0.15, 0.2) is 0 Å². The molecule has 2 rings (SSSR count). The van der Waals surface area contributed by atoms with Gasteiger partial charge < -0.3 is 4.74 Å². The van der Waals surface area contributed by atoms with E-state index in [1.165, 1.54) is 0 Å². The number of hydrazine groups is 1. The number of ether oxygens (including phenoxy) is 1. The van der Waals surface area contributed by atoms with Crippen molar-refractivity contribution in [3.63, 3.8) is 0 Å². The Morgan fingerprint density at radius 3 is 2.40 bits per heavy atom. The Bertz CT molecular complexity index is 619. The van der Waals surface area contributed by atoms with E-state index in [2.05, 4.69) is 21.4 Å². The third-order valence-corrected chi connectivity index (χ3v) is 4.23. The lowest BCUT2D eigenvalue weighted by Crippen LogP contribution is -2.28. The molecule has 2 aromatic carbocycles. The quantitative estimate of drug-likeness (QED) is 0.644. The predicted molar refractivity (Wildman–Crippen MR) is 86.0 cm³/mol. The fourth-order valence-electron chi connectivity index (χ4n) is 2.04. The third-order valence-electron chi connectivity index (χ3n) is 3.21. The Morgan fingerprint density at radius 2 is 1.85 bits per heavy atom. The van der Waals surface area contributed by atoms with Crippen molar-refractivity contribution in [3.05, 3.63) is 62.6 Å². The number of methoxy groups -OCH3 is 1. The summed E-state index contributed by atoms with van der Waals surface area (Å²) in [4.78, 5) is 0. The molecule has 0 aliphatic rings. The summed E-state index contributed by atoms with van der Waals surface area (Å²) in [6.45, 7) is 1.97. The van der Waals surface area contributed by atoms with E-state index in [1.807, 2.05) is 43.3 Å². The van der Waals surface area contributed by atoms with Crippen molar-refractivity contribution in [2.45, 2.75) is 13.0 Å². The minimum absolute atomic E-state index is 0.129. The molecule has 106 valence electrons. The summed E-state index contributed by atoms with van der Waals surface area (Å²) in [7, 11) is 1.64. The Morgan fingerprint density at radius 1 is 1.20 bits per heavy atom. The molecule has 0 fully saturated rings. The van der Waals surface area contributed by atoms with Crippen molar-refractivity contribution in [1.29, 1.82) is 0 Å². The summed E-state index contributed by atoms with van der Waals surface area (Å²) in [5.41, 5.74) is 5.91.